The molecule has 0 N–H and O–H groups in total. The van der Waals surface area contributed by atoms with Crippen LogP contribution in [0, 0.1) is 0 Å². The maximum atomic E-state index is 2.23. The van der Waals surface area contributed by atoms with Crippen molar-refractivity contribution in [2.45, 2.75) is 6.42 Å². The van der Waals surface area contributed by atoms with Gasteiger partial charge in [0.2, 0.25) is 0 Å². The Morgan fingerprint density at radius 3 is 2.82 bits per heavy atom. The van der Waals surface area contributed by atoms with Crippen LogP contribution in [0.1, 0.15) is 12.0 Å². The zero-order chi connectivity index (χ0) is 11.5. The molecule has 0 amide bonds. The van der Waals surface area contributed by atoms with Crippen molar-refractivity contribution >= 4 is 28.2 Å². The second-order valence-electron chi connectivity index (χ2n) is 3.85. The summed E-state index contributed by atoms with van der Waals surface area (Å²) in [5.74, 6) is 0. The van der Waals surface area contributed by atoms with E-state index in [4.69, 9.17) is 0 Å². The van der Waals surface area contributed by atoms with Gasteiger partial charge in [-0.05, 0) is 40.5 Å². The van der Waals surface area contributed by atoms with Gasteiger partial charge in [-0.25, -0.2) is 0 Å². The molecule has 2 heteroatoms. The third-order valence-electron chi connectivity index (χ3n) is 2.75. The van der Waals surface area contributed by atoms with E-state index in [0.29, 0.717) is 0 Å². The van der Waals surface area contributed by atoms with Crippen LogP contribution in [0.3, 0.4) is 0 Å². The van der Waals surface area contributed by atoms with Crippen LogP contribution >= 0.6 is 22.7 Å². The molecule has 0 unspecified atom stereocenters. The van der Waals surface area contributed by atoms with Crippen LogP contribution in [0.5, 0.6) is 0 Å². The number of hydrogen-bond acceptors (Lipinski definition) is 2. The summed E-state index contributed by atoms with van der Waals surface area (Å²) in [4.78, 5) is 2.77. The van der Waals surface area contributed by atoms with Crippen molar-refractivity contribution in [3.8, 4) is 9.75 Å². The van der Waals surface area contributed by atoms with Crippen LogP contribution in [0.25, 0.3) is 15.3 Å². The molecule has 0 saturated heterocycles. The summed E-state index contributed by atoms with van der Waals surface area (Å²) in [7, 11) is 0. The predicted octanol–water partition coefficient (Wildman–Crippen LogP) is 5.38. The molecule has 1 aliphatic rings. The molecule has 2 heterocycles. The molecule has 0 atom stereocenters. The first-order chi connectivity index (χ1) is 8.45. The minimum atomic E-state index is 1.02. The van der Waals surface area contributed by atoms with Crippen LogP contribution < -0.4 is 0 Å². The lowest BCUT2D eigenvalue weighted by Crippen LogP contribution is -1.81. The zero-order valence-corrected chi connectivity index (χ0v) is 10.9. The van der Waals surface area contributed by atoms with Crippen molar-refractivity contribution < 1.29 is 0 Å². The summed E-state index contributed by atoms with van der Waals surface area (Å²) in [6.45, 7) is 0. The van der Waals surface area contributed by atoms with Crippen LogP contribution in [-0.2, 0) is 0 Å². The highest BCUT2D eigenvalue weighted by Crippen LogP contribution is 2.37. The third-order valence-corrected chi connectivity index (χ3v) is 4.71. The molecule has 0 spiro atoms. The van der Waals surface area contributed by atoms with Crippen LogP contribution in [0.2, 0.25) is 0 Å². The standard InChI is InChI=1S/C15H12S2/c1-2-4-7-12(6-3-1)13-9-11-17-15(13)14-8-5-10-16-14/h1-6,8-11H,7H2. The average Bonchev–Trinajstić information content (AvgIpc) is 2.95. The SMILES string of the molecule is C1=CC=C(c2ccsc2-c2cccs2)CC=C1. The normalized spacial score (nSPS) is 14.7. The van der Waals surface area contributed by atoms with Gasteiger partial charge in [0.1, 0.15) is 0 Å². The average molecular weight is 256 g/mol. The topological polar surface area (TPSA) is 0 Å². The van der Waals surface area contributed by atoms with Crippen molar-refractivity contribution in [3.05, 3.63) is 64.9 Å². The molecule has 2 aromatic rings. The van der Waals surface area contributed by atoms with Gasteiger partial charge >= 0.3 is 0 Å². The summed E-state index contributed by atoms with van der Waals surface area (Å²) >= 11 is 3.64. The van der Waals surface area contributed by atoms with E-state index in [1.54, 1.807) is 0 Å². The monoisotopic (exact) mass is 256 g/mol. The Balaban J connectivity index is 2.05. The van der Waals surface area contributed by atoms with Gasteiger partial charge in [0, 0.05) is 4.88 Å². The summed E-state index contributed by atoms with van der Waals surface area (Å²) < 4.78 is 0. The highest BCUT2D eigenvalue weighted by atomic mass is 32.1. The van der Waals surface area contributed by atoms with E-state index in [1.807, 2.05) is 22.7 Å². The zero-order valence-electron chi connectivity index (χ0n) is 9.30. The lowest BCUT2D eigenvalue weighted by molar-refractivity contribution is 1.41. The summed E-state index contributed by atoms with van der Waals surface area (Å²) in [5, 5.41) is 4.32. The van der Waals surface area contributed by atoms with Gasteiger partial charge in [0.05, 0.1) is 4.88 Å². The molecule has 3 rings (SSSR count). The Morgan fingerprint density at radius 1 is 0.941 bits per heavy atom. The van der Waals surface area contributed by atoms with Crippen LogP contribution in [0.15, 0.2) is 59.3 Å². The predicted molar refractivity (Wildman–Crippen MR) is 78.5 cm³/mol. The summed E-state index contributed by atoms with van der Waals surface area (Å²) in [6.07, 6.45) is 11.8. The Morgan fingerprint density at radius 2 is 1.94 bits per heavy atom. The Hall–Kier alpha value is -1.38. The van der Waals surface area contributed by atoms with E-state index in [-0.39, 0.29) is 0 Å². The second-order valence-corrected chi connectivity index (χ2v) is 5.71. The Labute approximate surface area is 109 Å². The van der Waals surface area contributed by atoms with Gasteiger partial charge in [-0.2, -0.15) is 0 Å². The van der Waals surface area contributed by atoms with Crippen molar-refractivity contribution in [2.75, 3.05) is 0 Å². The first kappa shape index (κ1) is 10.8. The van der Waals surface area contributed by atoms with Crippen molar-refractivity contribution in [1.82, 2.24) is 0 Å². The molecule has 2 aromatic heterocycles. The van der Waals surface area contributed by atoms with E-state index in [1.165, 1.54) is 20.9 Å². The van der Waals surface area contributed by atoms with Crippen molar-refractivity contribution in [2.24, 2.45) is 0 Å². The number of thiophene rings is 2. The summed E-state index contributed by atoms with van der Waals surface area (Å²) in [5.41, 5.74) is 2.79. The largest absolute Gasteiger partial charge is 0.143 e. The summed E-state index contributed by atoms with van der Waals surface area (Å²) in [6, 6.07) is 6.55. The maximum absolute atomic E-state index is 2.23. The van der Waals surface area contributed by atoms with Gasteiger partial charge in [0.15, 0.2) is 0 Å². The molecular weight excluding hydrogens is 244 g/mol. The molecule has 0 aliphatic heterocycles. The highest BCUT2D eigenvalue weighted by molar-refractivity contribution is 7.20. The molecule has 0 radical (unpaired) electrons. The van der Waals surface area contributed by atoms with E-state index >= 15 is 0 Å². The first-order valence-electron chi connectivity index (χ1n) is 5.59. The van der Waals surface area contributed by atoms with Gasteiger partial charge in [-0.15, -0.1) is 22.7 Å². The molecule has 0 bridgehead atoms. The van der Waals surface area contributed by atoms with Gasteiger partial charge in [-0.3, -0.25) is 0 Å². The van der Waals surface area contributed by atoms with E-state index in [2.05, 4.69) is 59.3 Å². The fourth-order valence-corrected chi connectivity index (χ4v) is 3.75. The van der Waals surface area contributed by atoms with Gasteiger partial charge in [0.25, 0.3) is 0 Å². The molecule has 17 heavy (non-hydrogen) atoms. The van der Waals surface area contributed by atoms with E-state index < -0.39 is 0 Å². The lowest BCUT2D eigenvalue weighted by Gasteiger charge is -2.04. The molecule has 0 nitrogen and oxygen atoms in total. The Bertz CT molecular complexity index is 580. The fourth-order valence-electron chi connectivity index (χ4n) is 1.94. The Kier molecular flexibility index (Phi) is 3.08. The minimum absolute atomic E-state index is 1.02. The van der Waals surface area contributed by atoms with Gasteiger partial charge in [-0.1, -0.05) is 36.4 Å². The molecule has 0 fully saturated rings. The van der Waals surface area contributed by atoms with Crippen molar-refractivity contribution in [1.29, 1.82) is 0 Å². The third kappa shape index (κ3) is 2.19. The molecule has 0 aromatic carbocycles. The fraction of sp³-hybridized carbons (Fsp3) is 0.0667. The molecular formula is C15H12S2. The second kappa shape index (κ2) is 4.86. The quantitative estimate of drug-likeness (QED) is 0.677. The highest BCUT2D eigenvalue weighted by Gasteiger charge is 2.11. The first-order valence-corrected chi connectivity index (χ1v) is 7.35. The number of hydrogen-bond donors (Lipinski definition) is 0. The molecule has 1 aliphatic carbocycles. The number of allylic oxidation sites excluding steroid dienone is 6. The minimum Gasteiger partial charge on any atom is -0.143 e. The van der Waals surface area contributed by atoms with E-state index in [0.717, 1.165) is 6.42 Å². The van der Waals surface area contributed by atoms with Crippen LogP contribution in [0.4, 0.5) is 0 Å². The van der Waals surface area contributed by atoms with Crippen molar-refractivity contribution in [3.63, 3.8) is 0 Å². The van der Waals surface area contributed by atoms with Crippen LogP contribution in [-0.4, -0.2) is 0 Å². The van der Waals surface area contributed by atoms with Gasteiger partial charge < -0.3 is 0 Å². The molecule has 0 saturated carbocycles. The maximum Gasteiger partial charge on any atom is 0.0517 e. The molecule has 84 valence electrons. The van der Waals surface area contributed by atoms with E-state index in [9.17, 15) is 0 Å². The lowest BCUT2D eigenvalue weighted by atomic mass is 10.0. The number of rotatable bonds is 2. The smallest absolute Gasteiger partial charge is 0.0517 e.